The molecule has 0 aromatic rings. The van der Waals surface area contributed by atoms with Gasteiger partial charge in [0, 0.05) is 19.4 Å². The monoisotopic (exact) mass is 828 g/mol. The van der Waals surface area contributed by atoms with Gasteiger partial charge in [-0.25, -0.2) is 4.57 Å². The Morgan fingerprint density at radius 2 is 1.09 bits per heavy atom. The van der Waals surface area contributed by atoms with Gasteiger partial charge in [-0.05, 0) is 77.0 Å². The summed E-state index contributed by atoms with van der Waals surface area (Å²) in [4.78, 5) is 34.9. The number of carbonyl (C=O) groups is 2. The molecule has 0 aromatic heterocycles. The van der Waals surface area contributed by atoms with E-state index in [0.717, 1.165) is 44.9 Å². The van der Waals surface area contributed by atoms with Crippen LogP contribution in [0.5, 0.6) is 0 Å². The predicted molar refractivity (Wildman–Crippen MR) is 232 cm³/mol. The summed E-state index contributed by atoms with van der Waals surface area (Å²) in [6.07, 6.45) is 38.8. The molecule has 11 nitrogen and oxygen atoms in total. The molecule has 3 unspecified atom stereocenters. The van der Waals surface area contributed by atoms with Crippen LogP contribution in [-0.2, 0) is 32.7 Å². The number of aliphatic hydroxyl groups excluding tert-OH is 2. The second-order valence-corrected chi connectivity index (χ2v) is 16.3. The minimum absolute atomic E-state index is 0.00643. The van der Waals surface area contributed by atoms with Crippen molar-refractivity contribution < 1.29 is 47.8 Å². The number of aliphatic hydroxyl groups is 2. The first-order valence-corrected chi connectivity index (χ1v) is 23.8. The molecule has 0 aliphatic rings. The second kappa shape index (κ2) is 40.7. The van der Waals surface area contributed by atoms with Crippen molar-refractivity contribution in [2.45, 2.75) is 199 Å². The molecule has 0 saturated carbocycles. The molecule has 4 atom stereocenters. The molecule has 0 aromatic carbocycles. The molecule has 5 N–H and O–H groups in total. The number of nitrogens with two attached hydrogens (primary N) is 1. The van der Waals surface area contributed by atoms with Crippen LogP contribution in [0.15, 0.2) is 48.6 Å². The summed E-state index contributed by atoms with van der Waals surface area (Å²) < 4.78 is 32.6. The van der Waals surface area contributed by atoms with Gasteiger partial charge in [0.1, 0.15) is 6.61 Å². The summed E-state index contributed by atoms with van der Waals surface area (Å²) in [7, 11) is -4.46. The highest BCUT2D eigenvalue weighted by atomic mass is 31.2. The Bertz CT molecular complexity index is 1110. The summed E-state index contributed by atoms with van der Waals surface area (Å²) in [5, 5.41) is 20.7. The van der Waals surface area contributed by atoms with Crippen LogP contribution in [0.3, 0.4) is 0 Å². The third-order valence-electron chi connectivity index (χ3n) is 9.39. The summed E-state index contributed by atoms with van der Waals surface area (Å²) in [6, 6.07) is 0. The van der Waals surface area contributed by atoms with Crippen LogP contribution in [0.4, 0.5) is 0 Å². The van der Waals surface area contributed by atoms with Crippen molar-refractivity contribution in [3.05, 3.63) is 48.6 Å². The van der Waals surface area contributed by atoms with Crippen LogP contribution in [0.1, 0.15) is 181 Å². The number of esters is 2. The fourth-order valence-electron chi connectivity index (χ4n) is 5.91. The zero-order valence-corrected chi connectivity index (χ0v) is 36.7. The molecule has 0 bridgehead atoms. The Labute approximate surface area is 346 Å². The number of phosphoric acid groups is 1. The van der Waals surface area contributed by atoms with Gasteiger partial charge < -0.3 is 30.3 Å². The molecule has 0 aliphatic heterocycles. The lowest BCUT2D eigenvalue weighted by atomic mass is 10.0. The van der Waals surface area contributed by atoms with E-state index in [2.05, 4.69) is 50.3 Å². The third-order valence-corrected chi connectivity index (χ3v) is 10.4. The van der Waals surface area contributed by atoms with Crippen molar-refractivity contribution in [2.75, 3.05) is 26.4 Å². The zero-order chi connectivity index (χ0) is 42.1. The first-order chi connectivity index (χ1) is 27.6. The van der Waals surface area contributed by atoms with E-state index in [1.165, 1.54) is 83.5 Å². The third kappa shape index (κ3) is 39.1. The summed E-state index contributed by atoms with van der Waals surface area (Å²) in [6.45, 7) is 3.35. The van der Waals surface area contributed by atoms with Gasteiger partial charge in [-0.15, -0.1) is 0 Å². The Kier molecular flexibility index (Phi) is 39.2. The van der Waals surface area contributed by atoms with E-state index < -0.39 is 44.7 Å². The first kappa shape index (κ1) is 54.9. The molecule has 332 valence electrons. The highest BCUT2D eigenvalue weighted by molar-refractivity contribution is 7.47. The average Bonchev–Trinajstić information content (AvgIpc) is 3.19. The fraction of sp³-hybridized carbons (Fsp3) is 0.778. The standard InChI is InChI=1S/C45H82NO10P/c1-3-5-7-9-11-13-15-17-18-19-20-21-23-25-27-29-31-35-44(49)53-39-41(40-55-57(51,52)54-38-37-46)56-45(50)36-32-34-43(48)42(47)33-30-28-26-24-22-16-14-12-10-8-6-4-2/h12,14,17-18,22,24,28,30,41-43,47-48H,3-11,13,15-16,19-21,23,25-27,29,31-40,46H2,1-2H3,(H,51,52)/b14-12-,18-17-,24-22-,30-28-/t41-,42?,43?/m1/s1. The largest absolute Gasteiger partial charge is 0.472 e. The van der Waals surface area contributed by atoms with E-state index >= 15 is 0 Å². The lowest BCUT2D eigenvalue weighted by Crippen LogP contribution is -2.30. The number of allylic oxidation sites excluding steroid dienone is 7. The average molecular weight is 828 g/mol. The maximum Gasteiger partial charge on any atom is 0.472 e. The van der Waals surface area contributed by atoms with Crippen molar-refractivity contribution in [2.24, 2.45) is 5.73 Å². The molecule has 0 spiro atoms. The van der Waals surface area contributed by atoms with Crippen LogP contribution in [0.2, 0.25) is 0 Å². The van der Waals surface area contributed by atoms with E-state index in [9.17, 15) is 29.3 Å². The smallest absolute Gasteiger partial charge is 0.462 e. The summed E-state index contributed by atoms with van der Waals surface area (Å²) in [5.74, 6) is -1.12. The van der Waals surface area contributed by atoms with Gasteiger partial charge in [-0.3, -0.25) is 18.6 Å². The van der Waals surface area contributed by atoms with Crippen molar-refractivity contribution in [1.29, 1.82) is 0 Å². The van der Waals surface area contributed by atoms with Gasteiger partial charge in [0.05, 0.1) is 25.4 Å². The van der Waals surface area contributed by atoms with E-state index in [1.54, 1.807) is 0 Å². The molecule has 12 heteroatoms. The molecule has 0 aliphatic carbocycles. The summed E-state index contributed by atoms with van der Waals surface area (Å²) >= 11 is 0. The van der Waals surface area contributed by atoms with E-state index in [1.807, 2.05) is 12.2 Å². The number of carbonyl (C=O) groups excluding carboxylic acids is 2. The molecule has 0 saturated heterocycles. The Morgan fingerprint density at radius 1 is 0.596 bits per heavy atom. The molecule has 0 fully saturated rings. The Morgan fingerprint density at radius 3 is 1.70 bits per heavy atom. The number of rotatable bonds is 41. The van der Waals surface area contributed by atoms with Crippen molar-refractivity contribution in [3.63, 3.8) is 0 Å². The van der Waals surface area contributed by atoms with Gasteiger partial charge in [0.2, 0.25) is 0 Å². The molecular weight excluding hydrogens is 745 g/mol. The first-order valence-electron chi connectivity index (χ1n) is 22.3. The molecule has 0 rings (SSSR count). The Hall–Kier alpha value is -2.11. The normalized spacial score (nSPS) is 14.8. The van der Waals surface area contributed by atoms with Gasteiger partial charge in [-0.1, -0.05) is 140 Å². The number of hydrogen-bond donors (Lipinski definition) is 4. The second-order valence-electron chi connectivity index (χ2n) is 14.9. The van der Waals surface area contributed by atoms with Gasteiger partial charge in [0.25, 0.3) is 0 Å². The number of unbranched alkanes of at least 4 members (excludes halogenated alkanes) is 16. The lowest BCUT2D eigenvalue weighted by molar-refractivity contribution is -0.161. The van der Waals surface area contributed by atoms with Crippen LogP contribution in [-0.4, -0.2) is 71.7 Å². The molecule has 0 radical (unpaired) electrons. The SMILES string of the molecule is CCCCC/C=C\C/C=C\C/C=C\CC(O)C(O)CCCC(=O)O[C@H](COC(=O)CCCCCCCCC/C=C\CCCCCCCC)COP(=O)(O)OCCN. The summed E-state index contributed by atoms with van der Waals surface area (Å²) in [5.41, 5.74) is 5.33. The van der Waals surface area contributed by atoms with E-state index in [0.29, 0.717) is 6.42 Å². The number of phosphoric ester groups is 1. The van der Waals surface area contributed by atoms with Gasteiger partial charge >= 0.3 is 19.8 Å². The van der Waals surface area contributed by atoms with Crippen LogP contribution < -0.4 is 5.73 Å². The van der Waals surface area contributed by atoms with Crippen LogP contribution in [0.25, 0.3) is 0 Å². The van der Waals surface area contributed by atoms with Gasteiger partial charge in [0.15, 0.2) is 6.10 Å². The van der Waals surface area contributed by atoms with E-state index in [4.69, 9.17) is 24.3 Å². The molecule has 0 amide bonds. The number of ether oxygens (including phenoxy) is 2. The maximum absolute atomic E-state index is 12.6. The van der Waals surface area contributed by atoms with Crippen LogP contribution in [0, 0.1) is 0 Å². The minimum atomic E-state index is -4.46. The topological polar surface area (TPSA) is 175 Å². The predicted octanol–water partition coefficient (Wildman–Crippen LogP) is 10.7. The number of hydrogen-bond acceptors (Lipinski definition) is 10. The Balaban J connectivity index is 4.39. The van der Waals surface area contributed by atoms with Crippen molar-refractivity contribution >= 4 is 19.8 Å². The van der Waals surface area contributed by atoms with E-state index in [-0.39, 0.29) is 51.9 Å². The van der Waals surface area contributed by atoms with Crippen LogP contribution >= 0.6 is 7.82 Å². The molecular formula is C45H82NO10P. The lowest BCUT2D eigenvalue weighted by Gasteiger charge is -2.20. The van der Waals surface area contributed by atoms with Crippen molar-refractivity contribution in [3.8, 4) is 0 Å². The van der Waals surface area contributed by atoms with Gasteiger partial charge in [-0.2, -0.15) is 0 Å². The highest BCUT2D eigenvalue weighted by Gasteiger charge is 2.26. The van der Waals surface area contributed by atoms with Crippen molar-refractivity contribution in [1.82, 2.24) is 0 Å². The molecule has 57 heavy (non-hydrogen) atoms. The quantitative estimate of drug-likeness (QED) is 0.0200. The molecule has 0 heterocycles. The minimum Gasteiger partial charge on any atom is -0.462 e. The fourth-order valence-corrected chi connectivity index (χ4v) is 6.67. The zero-order valence-electron chi connectivity index (χ0n) is 35.8. The maximum atomic E-state index is 12.6. The highest BCUT2D eigenvalue weighted by Crippen LogP contribution is 2.43.